The number of likely N-dealkylation sites (tertiary alicyclic amines) is 1. The van der Waals surface area contributed by atoms with Crippen molar-refractivity contribution in [3.8, 4) is 0 Å². The number of morpholine rings is 1. The lowest BCUT2D eigenvalue weighted by molar-refractivity contribution is -0.166. The zero-order valence-electron chi connectivity index (χ0n) is 30.9. The number of unbranched alkanes of at least 4 members (excludes halogenated alkanes) is 1. The summed E-state index contributed by atoms with van der Waals surface area (Å²) in [6.07, 6.45) is 6.67. The fourth-order valence-electron chi connectivity index (χ4n) is 8.71. The van der Waals surface area contributed by atoms with Gasteiger partial charge in [0.15, 0.2) is 0 Å². The topological polar surface area (TPSA) is 160 Å². The van der Waals surface area contributed by atoms with Gasteiger partial charge in [0.2, 0.25) is 21.8 Å². The van der Waals surface area contributed by atoms with Gasteiger partial charge < -0.3 is 20.1 Å². The molecular weight excluding hydrogens is 706 g/mol. The Hall–Kier alpha value is -2.59. The molecule has 4 aliphatic rings. The second-order valence-corrected chi connectivity index (χ2v) is 16.7. The Morgan fingerprint density at radius 2 is 1.69 bits per heavy atom. The monoisotopic (exact) mass is 763 g/mol. The number of benzene rings is 1. The van der Waals surface area contributed by atoms with E-state index in [1.165, 1.54) is 0 Å². The van der Waals surface area contributed by atoms with Crippen molar-refractivity contribution in [2.75, 3.05) is 59.0 Å². The molecule has 2 aromatic rings. The van der Waals surface area contributed by atoms with Crippen LogP contribution in [0.3, 0.4) is 0 Å². The maximum absolute atomic E-state index is 14.2. The Balaban J connectivity index is 0.00000523. The second-order valence-electron chi connectivity index (χ2n) is 14.9. The van der Waals surface area contributed by atoms with Crippen molar-refractivity contribution in [2.24, 2.45) is 5.92 Å². The molecule has 0 bridgehead atoms. The summed E-state index contributed by atoms with van der Waals surface area (Å²) in [4.78, 5) is 34.8. The van der Waals surface area contributed by atoms with Gasteiger partial charge in [0.1, 0.15) is 11.6 Å². The van der Waals surface area contributed by atoms with Gasteiger partial charge in [-0.05, 0) is 69.6 Å². The van der Waals surface area contributed by atoms with Crippen LogP contribution in [0.4, 0.5) is 0 Å². The highest BCUT2D eigenvalue weighted by atomic mass is 35.5. The van der Waals surface area contributed by atoms with E-state index in [9.17, 15) is 23.1 Å². The average molecular weight is 764 g/mol. The van der Waals surface area contributed by atoms with E-state index in [0.717, 1.165) is 80.6 Å². The first kappa shape index (κ1) is 40.6. The fraction of sp³-hybridized carbons (Fsp3) is 0.703. The number of sulfonamides is 1. The van der Waals surface area contributed by atoms with Gasteiger partial charge in [0, 0.05) is 57.1 Å². The van der Waals surface area contributed by atoms with Crippen LogP contribution in [0, 0.1) is 19.8 Å². The summed E-state index contributed by atoms with van der Waals surface area (Å²) in [6.45, 7) is 11.5. The number of aliphatic hydroxyl groups is 1. The molecule has 1 saturated carbocycles. The van der Waals surface area contributed by atoms with Crippen LogP contribution in [-0.2, 0) is 24.3 Å². The molecule has 4 heterocycles. The first-order valence-electron chi connectivity index (χ1n) is 19.0. The van der Waals surface area contributed by atoms with Crippen molar-refractivity contribution in [3.63, 3.8) is 0 Å². The lowest BCUT2D eigenvalue weighted by Gasteiger charge is -2.53. The summed E-state index contributed by atoms with van der Waals surface area (Å²) >= 11 is 0. The summed E-state index contributed by atoms with van der Waals surface area (Å²) in [6, 6.07) is 5.92. The number of carbonyl (C=O) groups excluding carboxylic acids is 2. The van der Waals surface area contributed by atoms with Gasteiger partial charge in [-0.15, -0.1) is 12.4 Å². The number of aryl methyl sites for hydroxylation is 2. The van der Waals surface area contributed by atoms with Crippen molar-refractivity contribution in [1.29, 1.82) is 0 Å². The first-order valence-corrected chi connectivity index (χ1v) is 20.5. The predicted molar refractivity (Wildman–Crippen MR) is 201 cm³/mol. The van der Waals surface area contributed by atoms with Crippen LogP contribution in [0.5, 0.6) is 0 Å². The van der Waals surface area contributed by atoms with Crippen molar-refractivity contribution in [1.82, 2.24) is 34.9 Å². The minimum absolute atomic E-state index is 0. The van der Waals surface area contributed by atoms with Gasteiger partial charge in [0.25, 0.3) is 0 Å². The lowest BCUT2D eigenvalue weighted by Crippen LogP contribution is -2.75. The molecule has 4 N–H and O–H groups in total. The molecule has 290 valence electrons. The number of hydrogen-bond acceptors (Lipinski definition) is 9. The number of nitrogens with one attached hydrogen (secondary N) is 3. The van der Waals surface area contributed by atoms with Crippen LogP contribution in [-0.4, -0.2) is 127 Å². The third-order valence-electron chi connectivity index (χ3n) is 11.7. The van der Waals surface area contributed by atoms with E-state index in [-0.39, 0.29) is 41.1 Å². The van der Waals surface area contributed by atoms with Crippen LogP contribution in [0.15, 0.2) is 29.2 Å². The molecule has 3 aliphatic heterocycles. The maximum Gasteiger partial charge on any atom is 0.248 e. The van der Waals surface area contributed by atoms with Crippen molar-refractivity contribution in [3.05, 3.63) is 46.8 Å². The van der Waals surface area contributed by atoms with Crippen molar-refractivity contribution >= 4 is 34.2 Å². The van der Waals surface area contributed by atoms with Gasteiger partial charge >= 0.3 is 0 Å². The molecule has 15 heteroatoms. The molecule has 2 amide bonds. The second kappa shape index (κ2) is 17.7. The summed E-state index contributed by atoms with van der Waals surface area (Å²) < 4.78 is 34.6. The molecule has 6 rings (SSSR count). The van der Waals surface area contributed by atoms with Gasteiger partial charge in [0.05, 0.1) is 35.9 Å². The van der Waals surface area contributed by atoms with Gasteiger partial charge in [-0.2, -0.15) is 5.10 Å². The van der Waals surface area contributed by atoms with Crippen LogP contribution in [0.2, 0.25) is 0 Å². The third kappa shape index (κ3) is 8.53. The number of ether oxygens (including phenoxy) is 1. The SMILES string of the molecule is CCCCN1C(=O)[C@@H]([C@H](O)C2CCCCC2)NC(=O)C12CCN(C(c1ccc(S(=O)(=O)NCCN3CCOCC3)cc1)c1c(C)n[nH]c1C)CC2.Cl. The number of H-pyrrole nitrogens is 1. The Kier molecular flexibility index (Phi) is 13.8. The predicted octanol–water partition coefficient (Wildman–Crippen LogP) is 3.05. The van der Waals surface area contributed by atoms with Gasteiger partial charge in [-0.25, -0.2) is 13.1 Å². The van der Waals surface area contributed by atoms with Gasteiger partial charge in [-0.1, -0.05) is 44.7 Å². The molecule has 0 radical (unpaired) electrons. The Morgan fingerprint density at radius 3 is 2.31 bits per heavy atom. The molecule has 1 aliphatic carbocycles. The number of carbonyl (C=O) groups is 2. The molecule has 1 unspecified atom stereocenters. The molecule has 1 aromatic carbocycles. The van der Waals surface area contributed by atoms with Crippen LogP contribution < -0.4 is 10.0 Å². The lowest BCUT2D eigenvalue weighted by atomic mass is 9.77. The van der Waals surface area contributed by atoms with Gasteiger partial charge in [-0.3, -0.25) is 24.5 Å². The summed E-state index contributed by atoms with van der Waals surface area (Å²) in [5.74, 6) is -0.310. The molecule has 13 nitrogen and oxygen atoms in total. The fourth-order valence-corrected chi connectivity index (χ4v) is 9.73. The molecule has 52 heavy (non-hydrogen) atoms. The Bertz CT molecular complexity index is 1580. The number of piperidine rings is 1. The summed E-state index contributed by atoms with van der Waals surface area (Å²) in [7, 11) is -3.70. The van der Waals surface area contributed by atoms with Crippen molar-refractivity contribution < 1.29 is 27.9 Å². The number of hydrogen-bond donors (Lipinski definition) is 4. The summed E-state index contributed by atoms with van der Waals surface area (Å²) in [5.41, 5.74) is 2.74. The maximum atomic E-state index is 14.2. The smallest absolute Gasteiger partial charge is 0.248 e. The first-order chi connectivity index (χ1) is 24.6. The standard InChI is InChI=1S/C37H57N7O6S.ClH/c1-4-5-18-44-35(46)32(34(45)29-9-7-6-8-10-29)39-36(47)37(44)15-19-43(20-16-37)33(31-26(2)40-41-27(31)3)28-11-13-30(14-12-28)51(48,49)38-17-21-42-22-24-50-25-23-42;/h11-14,29,32-34,38,45H,4-10,15-25H2,1-3H3,(H,39,47)(H,40,41);1H/t32-,33?,34-;/m1./s1. The van der Waals surface area contributed by atoms with E-state index in [1.807, 2.05) is 26.0 Å². The number of nitrogens with zero attached hydrogens (tertiary/aromatic N) is 4. The highest BCUT2D eigenvalue weighted by molar-refractivity contribution is 7.89. The van der Waals surface area contributed by atoms with E-state index >= 15 is 0 Å². The number of aliphatic hydroxyl groups excluding tert-OH is 1. The average Bonchev–Trinajstić information content (AvgIpc) is 3.48. The number of aromatic nitrogens is 2. The molecule has 1 spiro atoms. The van der Waals surface area contributed by atoms with E-state index in [0.29, 0.717) is 58.8 Å². The normalized spacial score (nSPS) is 23.3. The number of amides is 2. The Labute approximate surface area is 315 Å². The zero-order chi connectivity index (χ0) is 36.2. The van der Waals surface area contributed by atoms with E-state index in [4.69, 9.17) is 4.74 Å². The molecule has 1 aromatic heterocycles. The third-order valence-corrected chi connectivity index (χ3v) is 13.2. The van der Waals surface area contributed by atoms with Crippen LogP contribution in [0.1, 0.15) is 93.3 Å². The molecule has 3 atom stereocenters. The van der Waals surface area contributed by atoms with E-state index in [2.05, 4.69) is 37.0 Å². The highest BCUT2D eigenvalue weighted by Crippen LogP contribution is 2.41. The number of aromatic amines is 1. The van der Waals surface area contributed by atoms with Crippen LogP contribution >= 0.6 is 12.4 Å². The molecular formula is C37H58ClN7O6S. The van der Waals surface area contributed by atoms with E-state index in [1.54, 1.807) is 17.0 Å². The largest absolute Gasteiger partial charge is 0.390 e. The number of rotatable bonds is 13. The number of piperazine rings is 1. The summed E-state index contributed by atoms with van der Waals surface area (Å²) in [5, 5.41) is 22.0. The zero-order valence-corrected chi connectivity index (χ0v) is 32.6. The number of halogens is 1. The Morgan fingerprint density at radius 1 is 1.02 bits per heavy atom. The van der Waals surface area contributed by atoms with E-state index < -0.39 is 27.7 Å². The molecule has 3 saturated heterocycles. The van der Waals surface area contributed by atoms with Crippen LogP contribution in [0.25, 0.3) is 0 Å². The quantitative estimate of drug-likeness (QED) is 0.241. The highest BCUT2D eigenvalue weighted by Gasteiger charge is 2.55. The minimum atomic E-state index is -3.70. The van der Waals surface area contributed by atoms with Crippen molar-refractivity contribution in [2.45, 2.75) is 107 Å². The minimum Gasteiger partial charge on any atom is -0.390 e. The molecule has 4 fully saturated rings.